The van der Waals surface area contributed by atoms with Crippen LogP contribution in [0.4, 0.5) is 10.5 Å². The number of hydrogen-bond donors (Lipinski definition) is 2. The predicted octanol–water partition coefficient (Wildman–Crippen LogP) is 2.47. The van der Waals surface area contributed by atoms with Crippen molar-refractivity contribution >= 4 is 46.1 Å². The molecule has 158 valence electrons. The molecule has 0 aromatic heterocycles. The molecule has 0 radical (unpaired) electrons. The van der Waals surface area contributed by atoms with Crippen LogP contribution in [0.2, 0.25) is 0 Å². The number of azo groups is 1. The maximum Gasteiger partial charge on any atom is 0.328 e. The maximum absolute atomic E-state index is 12.5. The SMILES string of the molecule is CCCC1=c2c(cc3ccc4c(c3c2CCC)=CCC2(O4)C(=O)NC(=O)NC2=O)N=N1. The molecular weight excluding hydrogens is 396 g/mol. The van der Waals surface area contributed by atoms with E-state index in [1.807, 2.05) is 18.2 Å². The Morgan fingerprint density at radius 2 is 1.77 bits per heavy atom. The normalized spacial score (nSPS) is 18.4. The first-order valence-corrected chi connectivity index (χ1v) is 10.6. The highest BCUT2D eigenvalue weighted by Gasteiger charge is 2.53. The van der Waals surface area contributed by atoms with E-state index in [0.29, 0.717) is 5.75 Å². The largest absolute Gasteiger partial charge is 0.466 e. The number of imide groups is 2. The van der Waals surface area contributed by atoms with Crippen LogP contribution >= 0.6 is 0 Å². The summed E-state index contributed by atoms with van der Waals surface area (Å²) in [7, 11) is 0. The van der Waals surface area contributed by atoms with Gasteiger partial charge < -0.3 is 4.74 Å². The fourth-order valence-corrected chi connectivity index (χ4v) is 4.64. The number of rotatable bonds is 4. The summed E-state index contributed by atoms with van der Waals surface area (Å²) in [5.41, 5.74) is 1.28. The van der Waals surface area contributed by atoms with Gasteiger partial charge in [0.2, 0.25) is 0 Å². The third kappa shape index (κ3) is 2.78. The summed E-state index contributed by atoms with van der Waals surface area (Å²) < 4.78 is 6.01. The van der Waals surface area contributed by atoms with Crippen molar-refractivity contribution < 1.29 is 19.1 Å². The smallest absolute Gasteiger partial charge is 0.328 e. The van der Waals surface area contributed by atoms with Crippen molar-refractivity contribution in [2.75, 3.05) is 0 Å². The van der Waals surface area contributed by atoms with E-state index in [1.54, 1.807) is 6.07 Å². The van der Waals surface area contributed by atoms with Crippen LogP contribution in [0.5, 0.6) is 5.75 Å². The lowest BCUT2D eigenvalue weighted by Gasteiger charge is -2.35. The lowest BCUT2D eigenvalue weighted by Crippen LogP contribution is -2.69. The second-order valence-corrected chi connectivity index (χ2v) is 8.05. The Morgan fingerprint density at radius 3 is 2.48 bits per heavy atom. The minimum absolute atomic E-state index is 0.0347. The van der Waals surface area contributed by atoms with E-state index in [9.17, 15) is 14.4 Å². The van der Waals surface area contributed by atoms with Gasteiger partial charge in [-0.2, -0.15) is 10.2 Å². The Morgan fingerprint density at radius 1 is 1.03 bits per heavy atom. The van der Waals surface area contributed by atoms with Gasteiger partial charge in [0.05, 0.1) is 11.4 Å². The number of hydrogen-bond acceptors (Lipinski definition) is 6. The van der Waals surface area contributed by atoms with Crippen molar-refractivity contribution in [1.82, 2.24) is 10.6 Å². The van der Waals surface area contributed by atoms with Gasteiger partial charge in [-0.25, -0.2) is 4.79 Å². The number of ether oxygens (including phenoxy) is 1. The topological polar surface area (TPSA) is 109 Å². The van der Waals surface area contributed by atoms with Crippen LogP contribution in [0.1, 0.15) is 45.1 Å². The Labute approximate surface area is 178 Å². The van der Waals surface area contributed by atoms with E-state index < -0.39 is 23.4 Å². The Bertz CT molecular complexity index is 1310. The van der Waals surface area contributed by atoms with Crippen LogP contribution in [0.15, 0.2) is 28.4 Å². The summed E-state index contributed by atoms with van der Waals surface area (Å²) in [6.07, 6.45) is 5.53. The van der Waals surface area contributed by atoms with Gasteiger partial charge >= 0.3 is 6.03 Å². The second kappa shape index (κ2) is 7.01. The van der Waals surface area contributed by atoms with Gasteiger partial charge in [0.25, 0.3) is 17.4 Å². The molecule has 5 rings (SSSR count). The average molecular weight is 418 g/mol. The maximum atomic E-state index is 12.5. The van der Waals surface area contributed by atoms with E-state index in [2.05, 4.69) is 34.7 Å². The zero-order valence-electron chi connectivity index (χ0n) is 17.4. The number of nitrogens with zero attached hydrogens (tertiary/aromatic N) is 2. The molecule has 0 unspecified atom stereocenters. The van der Waals surface area contributed by atoms with Crippen molar-refractivity contribution in [3.8, 4) is 5.75 Å². The molecule has 3 heterocycles. The molecule has 8 nitrogen and oxygen atoms in total. The van der Waals surface area contributed by atoms with E-state index in [1.165, 1.54) is 5.56 Å². The summed E-state index contributed by atoms with van der Waals surface area (Å²) in [6, 6.07) is 4.88. The minimum Gasteiger partial charge on any atom is -0.466 e. The standard InChI is InChI=1S/C23H22N4O4/c1-3-5-14-18-12(11-16-19(14)15(6-4-2)26-27-16)7-8-17-13(18)9-10-23(31-17)20(28)24-22(30)25-21(23)29/h7-9,11H,3-6,10H2,1-2H3,(H2,24,25,28,29,30). The van der Waals surface area contributed by atoms with Crippen molar-refractivity contribution in [3.05, 3.63) is 34.2 Å². The van der Waals surface area contributed by atoms with E-state index in [0.717, 1.165) is 58.3 Å². The molecule has 2 aromatic carbocycles. The van der Waals surface area contributed by atoms with Crippen LogP contribution in [0.25, 0.3) is 22.5 Å². The van der Waals surface area contributed by atoms with Gasteiger partial charge in [0.1, 0.15) is 5.75 Å². The molecule has 2 aromatic rings. The average Bonchev–Trinajstić information content (AvgIpc) is 3.14. The van der Waals surface area contributed by atoms with Gasteiger partial charge in [0, 0.05) is 16.9 Å². The molecule has 1 saturated heterocycles. The summed E-state index contributed by atoms with van der Waals surface area (Å²) >= 11 is 0. The highest BCUT2D eigenvalue weighted by Crippen LogP contribution is 2.32. The molecule has 1 fully saturated rings. The molecule has 3 aliphatic rings. The van der Waals surface area contributed by atoms with E-state index >= 15 is 0 Å². The monoisotopic (exact) mass is 418 g/mol. The molecule has 0 bridgehead atoms. The number of benzene rings is 2. The highest BCUT2D eigenvalue weighted by atomic mass is 16.5. The van der Waals surface area contributed by atoms with Gasteiger partial charge in [-0.3, -0.25) is 20.2 Å². The van der Waals surface area contributed by atoms with E-state index in [4.69, 9.17) is 4.74 Å². The van der Waals surface area contributed by atoms with Crippen LogP contribution in [-0.2, 0) is 16.0 Å². The van der Waals surface area contributed by atoms with Crippen molar-refractivity contribution in [2.24, 2.45) is 10.2 Å². The Balaban J connectivity index is 1.76. The molecule has 0 atom stereocenters. The Kier molecular flexibility index (Phi) is 4.39. The first kappa shape index (κ1) is 19.4. The van der Waals surface area contributed by atoms with Crippen molar-refractivity contribution in [1.29, 1.82) is 0 Å². The fraction of sp³-hybridized carbons (Fsp3) is 0.348. The first-order chi connectivity index (χ1) is 15.0. The van der Waals surface area contributed by atoms with Crippen molar-refractivity contribution in [2.45, 2.75) is 51.6 Å². The molecule has 0 saturated carbocycles. The highest BCUT2D eigenvalue weighted by molar-refractivity contribution is 6.22. The molecule has 8 heteroatoms. The van der Waals surface area contributed by atoms with Gasteiger partial charge in [-0.1, -0.05) is 38.8 Å². The number of fused-ring (bicyclic) bond motifs is 4. The second-order valence-electron chi connectivity index (χ2n) is 8.05. The molecule has 31 heavy (non-hydrogen) atoms. The van der Waals surface area contributed by atoms with Crippen molar-refractivity contribution in [3.63, 3.8) is 0 Å². The van der Waals surface area contributed by atoms with E-state index in [-0.39, 0.29) is 6.42 Å². The Hall–Kier alpha value is -3.55. The number of carbonyl (C=O) groups is 3. The van der Waals surface area contributed by atoms with Gasteiger partial charge in [-0.15, -0.1) is 0 Å². The van der Waals surface area contributed by atoms with Crippen LogP contribution in [-0.4, -0.2) is 23.4 Å². The zero-order valence-corrected chi connectivity index (χ0v) is 17.4. The molecule has 4 amide bonds. The fourth-order valence-electron chi connectivity index (χ4n) is 4.64. The first-order valence-electron chi connectivity index (χ1n) is 10.6. The quantitative estimate of drug-likeness (QED) is 0.744. The molecule has 2 N–H and O–H groups in total. The number of urea groups is 1. The third-order valence-corrected chi connectivity index (χ3v) is 6.01. The molecule has 3 aliphatic heterocycles. The number of carbonyl (C=O) groups excluding carboxylic acids is 3. The summed E-state index contributed by atoms with van der Waals surface area (Å²) in [5.74, 6) is -1.05. The van der Waals surface area contributed by atoms with Gasteiger partial charge in [0.15, 0.2) is 0 Å². The molecule has 1 spiro atoms. The third-order valence-electron chi connectivity index (χ3n) is 6.01. The number of aryl methyl sites for hydroxylation is 1. The number of barbiturate groups is 1. The van der Waals surface area contributed by atoms with Crippen LogP contribution in [0, 0.1) is 0 Å². The van der Waals surface area contributed by atoms with Crippen LogP contribution < -0.4 is 25.8 Å². The zero-order chi connectivity index (χ0) is 21.8. The lowest BCUT2D eigenvalue weighted by atomic mass is 9.89. The predicted molar refractivity (Wildman–Crippen MR) is 114 cm³/mol. The van der Waals surface area contributed by atoms with Gasteiger partial charge in [-0.05, 0) is 41.3 Å². The summed E-state index contributed by atoms with van der Waals surface area (Å²) in [5, 5.41) is 17.1. The molecule has 0 aliphatic carbocycles. The minimum atomic E-state index is -1.78. The molecular formula is C23H22N4O4. The lowest BCUT2D eigenvalue weighted by molar-refractivity contribution is -0.151. The van der Waals surface area contributed by atoms with Crippen LogP contribution in [0.3, 0.4) is 0 Å². The summed E-state index contributed by atoms with van der Waals surface area (Å²) in [4.78, 5) is 36.6. The number of nitrogens with one attached hydrogen (secondary N) is 2. The summed E-state index contributed by atoms with van der Waals surface area (Å²) in [6.45, 7) is 4.25. The number of amides is 4.